The van der Waals surface area contributed by atoms with Crippen molar-refractivity contribution in [1.29, 1.82) is 5.26 Å². The van der Waals surface area contributed by atoms with Gasteiger partial charge >= 0.3 is 5.97 Å². The summed E-state index contributed by atoms with van der Waals surface area (Å²) in [7, 11) is 1.48. The molecule has 2 rings (SSSR count). The van der Waals surface area contributed by atoms with Gasteiger partial charge in [-0.2, -0.15) is 5.26 Å². The summed E-state index contributed by atoms with van der Waals surface area (Å²) in [6, 6.07) is 8.44. The third kappa shape index (κ3) is 3.90. The maximum atomic E-state index is 12.6. The summed E-state index contributed by atoms with van der Waals surface area (Å²) >= 11 is 0. The highest BCUT2D eigenvalue weighted by Gasteiger charge is 2.40. The van der Waals surface area contributed by atoms with Crippen LogP contribution in [-0.4, -0.2) is 31.2 Å². The highest BCUT2D eigenvalue weighted by atomic mass is 16.6. The number of methoxy groups -OCH3 is 1. The number of nitrogens with zero attached hydrogens (tertiary/aromatic N) is 2. The molecule has 1 aromatic rings. The van der Waals surface area contributed by atoms with Crippen LogP contribution < -0.4 is 5.32 Å². The van der Waals surface area contributed by atoms with Crippen LogP contribution in [0.25, 0.3) is 0 Å². The van der Waals surface area contributed by atoms with Crippen LogP contribution in [0.2, 0.25) is 0 Å². The zero-order valence-electron chi connectivity index (χ0n) is 14.7. The summed E-state index contributed by atoms with van der Waals surface area (Å²) in [6.45, 7) is 3.49. The lowest BCUT2D eigenvalue weighted by atomic mass is 9.83. The van der Waals surface area contributed by atoms with Gasteiger partial charge in [-0.1, -0.05) is 12.1 Å². The maximum Gasteiger partial charge on any atom is 0.337 e. The van der Waals surface area contributed by atoms with Crippen LogP contribution in [0.15, 0.2) is 46.9 Å². The number of nitriles is 1. The predicted molar refractivity (Wildman–Crippen MR) is 92.3 cm³/mol. The SMILES string of the molecule is COCCOC(=O)C1=C(C)NC(C)=C([N+](=O)[O-])C1c1cccc(C#N)c1. The van der Waals surface area contributed by atoms with E-state index in [-0.39, 0.29) is 24.5 Å². The van der Waals surface area contributed by atoms with E-state index in [1.54, 1.807) is 38.1 Å². The first-order valence-corrected chi connectivity index (χ1v) is 7.89. The van der Waals surface area contributed by atoms with Gasteiger partial charge in [0.1, 0.15) is 12.5 Å². The number of hydrogen-bond acceptors (Lipinski definition) is 7. The van der Waals surface area contributed by atoms with Gasteiger partial charge in [0.15, 0.2) is 0 Å². The van der Waals surface area contributed by atoms with E-state index in [1.807, 2.05) is 6.07 Å². The number of carbonyl (C=O) groups is 1. The highest BCUT2D eigenvalue weighted by Crippen LogP contribution is 2.38. The van der Waals surface area contributed by atoms with Gasteiger partial charge in [0.05, 0.1) is 34.4 Å². The molecule has 1 aliphatic heterocycles. The van der Waals surface area contributed by atoms with Gasteiger partial charge in [0.25, 0.3) is 5.70 Å². The van der Waals surface area contributed by atoms with Crippen molar-refractivity contribution in [3.63, 3.8) is 0 Å². The van der Waals surface area contributed by atoms with Gasteiger partial charge in [-0.3, -0.25) is 10.1 Å². The van der Waals surface area contributed by atoms with Crippen molar-refractivity contribution in [2.75, 3.05) is 20.3 Å². The number of allylic oxidation sites excluding steroid dienone is 3. The van der Waals surface area contributed by atoms with E-state index < -0.39 is 16.8 Å². The number of esters is 1. The Morgan fingerprint density at radius 3 is 2.69 bits per heavy atom. The van der Waals surface area contributed by atoms with Gasteiger partial charge in [0, 0.05) is 12.8 Å². The first-order valence-electron chi connectivity index (χ1n) is 7.89. The summed E-state index contributed by atoms with van der Waals surface area (Å²) in [4.78, 5) is 23.8. The van der Waals surface area contributed by atoms with E-state index in [0.29, 0.717) is 22.5 Å². The maximum absolute atomic E-state index is 12.6. The standard InChI is InChI=1S/C18H19N3O5/c1-11-15(18(22)26-8-7-25-3)16(17(21(23)24)12(2)20-11)14-6-4-5-13(9-14)10-19/h4-6,9,16,20H,7-8H2,1-3H3. The fourth-order valence-electron chi connectivity index (χ4n) is 2.90. The fraction of sp³-hybridized carbons (Fsp3) is 0.333. The normalized spacial score (nSPS) is 16.8. The number of nitrogens with one attached hydrogen (secondary N) is 1. The summed E-state index contributed by atoms with van der Waals surface area (Å²) in [5.74, 6) is -1.60. The van der Waals surface area contributed by atoms with Gasteiger partial charge in [-0.05, 0) is 31.5 Å². The van der Waals surface area contributed by atoms with E-state index in [2.05, 4.69) is 5.32 Å². The minimum absolute atomic E-state index is 0.0353. The zero-order valence-corrected chi connectivity index (χ0v) is 14.7. The van der Waals surface area contributed by atoms with Crippen molar-refractivity contribution in [2.45, 2.75) is 19.8 Å². The van der Waals surface area contributed by atoms with Crippen LogP contribution in [0.1, 0.15) is 30.9 Å². The molecule has 8 heteroatoms. The number of nitro groups is 1. The molecule has 26 heavy (non-hydrogen) atoms. The second kappa shape index (κ2) is 8.27. The van der Waals surface area contributed by atoms with Crippen molar-refractivity contribution in [3.8, 4) is 6.07 Å². The predicted octanol–water partition coefficient (Wildman–Crippen LogP) is 2.22. The van der Waals surface area contributed by atoms with E-state index in [1.165, 1.54) is 7.11 Å². The van der Waals surface area contributed by atoms with Crippen LogP contribution in [0.3, 0.4) is 0 Å². The molecule has 0 amide bonds. The first-order chi connectivity index (χ1) is 12.4. The Bertz CT molecular complexity index is 835. The van der Waals surface area contributed by atoms with E-state index in [9.17, 15) is 14.9 Å². The molecule has 136 valence electrons. The Hall–Kier alpha value is -3.18. The first kappa shape index (κ1) is 19.1. The molecule has 0 aliphatic carbocycles. The molecule has 1 atom stereocenters. The quantitative estimate of drug-likeness (QED) is 0.359. The van der Waals surface area contributed by atoms with Crippen molar-refractivity contribution in [3.05, 3.63) is 68.2 Å². The van der Waals surface area contributed by atoms with Gasteiger partial charge in [-0.15, -0.1) is 0 Å². The van der Waals surface area contributed by atoms with E-state index >= 15 is 0 Å². The van der Waals surface area contributed by atoms with Gasteiger partial charge < -0.3 is 14.8 Å². The Kier molecular flexibility index (Phi) is 6.09. The average Bonchev–Trinajstić information content (AvgIpc) is 2.60. The molecule has 8 nitrogen and oxygen atoms in total. The van der Waals surface area contributed by atoms with Crippen molar-refractivity contribution < 1.29 is 19.2 Å². The average molecular weight is 357 g/mol. The minimum Gasteiger partial charge on any atom is -0.460 e. The van der Waals surface area contributed by atoms with Gasteiger partial charge in [0.2, 0.25) is 0 Å². The number of carbonyl (C=O) groups excluding carboxylic acids is 1. The molecule has 1 aromatic carbocycles. The lowest BCUT2D eigenvalue weighted by Gasteiger charge is -2.26. The Morgan fingerprint density at radius 1 is 1.35 bits per heavy atom. The second-order valence-corrected chi connectivity index (χ2v) is 5.73. The highest BCUT2D eigenvalue weighted by molar-refractivity contribution is 5.92. The molecule has 0 saturated carbocycles. The summed E-state index contributed by atoms with van der Waals surface area (Å²) < 4.78 is 10.1. The lowest BCUT2D eigenvalue weighted by molar-refractivity contribution is -0.431. The number of hydrogen-bond donors (Lipinski definition) is 1. The van der Waals surface area contributed by atoms with Crippen LogP contribution in [-0.2, 0) is 14.3 Å². The molecule has 0 radical (unpaired) electrons. The largest absolute Gasteiger partial charge is 0.460 e. The Morgan fingerprint density at radius 2 is 2.08 bits per heavy atom. The number of ether oxygens (including phenoxy) is 2. The minimum atomic E-state index is -0.936. The summed E-state index contributed by atoms with van der Waals surface area (Å²) in [5.41, 5.74) is 1.65. The molecular formula is C18H19N3O5. The van der Waals surface area contributed by atoms with E-state index in [0.717, 1.165) is 0 Å². The van der Waals surface area contributed by atoms with Crippen LogP contribution in [0.4, 0.5) is 0 Å². The van der Waals surface area contributed by atoms with Crippen molar-refractivity contribution in [1.82, 2.24) is 5.32 Å². The lowest BCUT2D eigenvalue weighted by Crippen LogP contribution is -2.32. The van der Waals surface area contributed by atoms with Crippen LogP contribution >= 0.6 is 0 Å². The number of benzene rings is 1. The smallest absolute Gasteiger partial charge is 0.337 e. The summed E-state index contributed by atoms with van der Waals surface area (Å²) in [6.07, 6.45) is 0. The summed E-state index contributed by atoms with van der Waals surface area (Å²) in [5, 5.41) is 23.7. The Labute approximate surface area is 150 Å². The molecular weight excluding hydrogens is 338 g/mol. The fourth-order valence-corrected chi connectivity index (χ4v) is 2.90. The monoisotopic (exact) mass is 357 g/mol. The molecule has 0 fully saturated rings. The molecule has 0 aromatic heterocycles. The van der Waals surface area contributed by atoms with Crippen molar-refractivity contribution >= 4 is 5.97 Å². The molecule has 0 bridgehead atoms. The molecule has 1 heterocycles. The molecule has 1 aliphatic rings. The molecule has 0 saturated heterocycles. The zero-order chi connectivity index (χ0) is 19.3. The third-order valence-electron chi connectivity index (χ3n) is 4.01. The molecule has 0 spiro atoms. The topological polar surface area (TPSA) is 114 Å². The van der Waals surface area contributed by atoms with Gasteiger partial charge in [-0.25, -0.2) is 4.79 Å². The molecule has 1 N–H and O–H groups in total. The number of rotatable bonds is 6. The number of dihydropyridines is 1. The van der Waals surface area contributed by atoms with Crippen LogP contribution in [0, 0.1) is 21.4 Å². The molecule has 1 unspecified atom stereocenters. The Balaban J connectivity index is 2.55. The second-order valence-electron chi connectivity index (χ2n) is 5.73. The van der Waals surface area contributed by atoms with E-state index in [4.69, 9.17) is 14.7 Å². The van der Waals surface area contributed by atoms with Crippen molar-refractivity contribution in [2.24, 2.45) is 0 Å². The third-order valence-corrected chi connectivity index (χ3v) is 4.01. The van der Waals surface area contributed by atoms with Crippen LogP contribution in [0.5, 0.6) is 0 Å².